The summed E-state index contributed by atoms with van der Waals surface area (Å²) in [4.78, 5) is 18.7. The molecule has 0 aliphatic carbocycles. The van der Waals surface area contributed by atoms with E-state index in [1.165, 1.54) is 11.1 Å². The van der Waals surface area contributed by atoms with Gasteiger partial charge in [-0.2, -0.15) is 0 Å². The van der Waals surface area contributed by atoms with Gasteiger partial charge in [0, 0.05) is 11.4 Å². The van der Waals surface area contributed by atoms with Gasteiger partial charge < -0.3 is 10.6 Å². The Morgan fingerprint density at radius 3 is 2.37 bits per heavy atom. The number of aryl methyl sites for hydroxylation is 2. The van der Waals surface area contributed by atoms with E-state index < -0.39 is 0 Å². The number of hydrogen-bond donors (Lipinski definition) is 2. The third-order valence-electron chi connectivity index (χ3n) is 6.83. The van der Waals surface area contributed by atoms with E-state index in [2.05, 4.69) is 68.7 Å². The number of rotatable bonds is 3. The van der Waals surface area contributed by atoms with Crippen molar-refractivity contribution in [2.45, 2.75) is 53.0 Å². The zero-order valence-electron chi connectivity index (χ0n) is 21.2. The van der Waals surface area contributed by atoms with Crippen LogP contribution in [0.2, 0.25) is 0 Å². The van der Waals surface area contributed by atoms with Gasteiger partial charge in [0.1, 0.15) is 0 Å². The Bertz CT molecular complexity index is 1470. The molecule has 1 unspecified atom stereocenters. The SMILES string of the molecule is CC1=C(C(=O)Nc2ccc(C)cc2C)C(c2ccc(C(C)(C)C)cc2)Nc2nc3ccccc3n21. The lowest BCUT2D eigenvalue weighted by Crippen LogP contribution is -2.30. The van der Waals surface area contributed by atoms with Crippen LogP contribution < -0.4 is 10.6 Å². The molecule has 5 rings (SSSR count). The van der Waals surface area contributed by atoms with Crippen LogP contribution >= 0.6 is 0 Å². The number of anilines is 2. The van der Waals surface area contributed by atoms with Gasteiger partial charge in [-0.05, 0) is 61.1 Å². The number of aromatic nitrogens is 2. The molecular formula is C30H32N4O. The van der Waals surface area contributed by atoms with Crippen LogP contribution in [0.5, 0.6) is 0 Å². The number of benzene rings is 3. The lowest BCUT2D eigenvalue weighted by atomic mass is 9.85. The second-order valence-electron chi connectivity index (χ2n) is 10.5. The molecule has 178 valence electrons. The van der Waals surface area contributed by atoms with Crippen molar-refractivity contribution < 1.29 is 4.79 Å². The third kappa shape index (κ3) is 4.12. The van der Waals surface area contributed by atoms with E-state index in [0.29, 0.717) is 5.57 Å². The van der Waals surface area contributed by atoms with Gasteiger partial charge in [-0.15, -0.1) is 0 Å². The van der Waals surface area contributed by atoms with Crippen molar-refractivity contribution >= 4 is 34.3 Å². The predicted octanol–water partition coefficient (Wildman–Crippen LogP) is 6.99. The van der Waals surface area contributed by atoms with E-state index in [0.717, 1.165) is 39.5 Å². The van der Waals surface area contributed by atoms with Crippen molar-refractivity contribution in [3.05, 3.63) is 94.6 Å². The van der Waals surface area contributed by atoms with Crippen molar-refractivity contribution in [3.8, 4) is 0 Å². The minimum Gasteiger partial charge on any atom is -0.344 e. The number of carbonyl (C=O) groups excluding carboxylic acids is 1. The van der Waals surface area contributed by atoms with Crippen LogP contribution in [0.15, 0.2) is 72.3 Å². The number of nitrogens with one attached hydrogen (secondary N) is 2. The molecule has 3 aromatic carbocycles. The zero-order chi connectivity index (χ0) is 24.9. The first-order chi connectivity index (χ1) is 16.6. The number of para-hydroxylation sites is 2. The van der Waals surface area contributed by atoms with Crippen molar-refractivity contribution in [1.82, 2.24) is 9.55 Å². The Morgan fingerprint density at radius 2 is 1.69 bits per heavy atom. The lowest BCUT2D eigenvalue weighted by molar-refractivity contribution is -0.113. The number of nitrogens with zero attached hydrogens (tertiary/aromatic N) is 2. The van der Waals surface area contributed by atoms with E-state index in [-0.39, 0.29) is 17.4 Å². The maximum absolute atomic E-state index is 13.9. The average Bonchev–Trinajstić information content (AvgIpc) is 3.19. The maximum atomic E-state index is 13.9. The molecule has 0 saturated heterocycles. The fourth-order valence-electron chi connectivity index (χ4n) is 4.86. The molecule has 5 nitrogen and oxygen atoms in total. The standard InChI is InChI=1S/C30H32N4O/c1-18-11-16-23(19(2)17-18)31-28(35)26-20(3)34-25-10-8-7-9-24(25)32-29(34)33-27(26)21-12-14-22(15-13-21)30(4,5)6/h7-17,27H,1-6H3,(H,31,35)(H,32,33). The van der Waals surface area contributed by atoms with Gasteiger partial charge in [-0.1, -0.05) is 74.9 Å². The topological polar surface area (TPSA) is 59.0 Å². The second kappa shape index (κ2) is 8.42. The first-order valence-electron chi connectivity index (χ1n) is 12.1. The fourth-order valence-corrected chi connectivity index (χ4v) is 4.86. The predicted molar refractivity (Wildman–Crippen MR) is 145 cm³/mol. The molecule has 2 N–H and O–H groups in total. The van der Waals surface area contributed by atoms with Crippen LogP contribution in [0.25, 0.3) is 16.7 Å². The largest absolute Gasteiger partial charge is 0.344 e. The van der Waals surface area contributed by atoms with Gasteiger partial charge in [0.25, 0.3) is 5.91 Å². The van der Waals surface area contributed by atoms with Gasteiger partial charge in [0.05, 0.1) is 22.6 Å². The smallest absolute Gasteiger partial charge is 0.255 e. The minimum absolute atomic E-state index is 0.0570. The molecular weight excluding hydrogens is 432 g/mol. The fraction of sp³-hybridized carbons (Fsp3) is 0.267. The van der Waals surface area contributed by atoms with Gasteiger partial charge in [0.15, 0.2) is 0 Å². The van der Waals surface area contributed by atoms with Gasteiger partial charge in [0.2, 0.25) is 5.95 Å². The number of hydrogen-bond acceptors (Lipinski definition) is 3. The van der Waals surface area contributed by atoms with Crippen LogP contribution in [0.3, 0.4) is 0 Å². The molecule has 0 fully saturated rings. The highest BCUT2D eigenvalue weighted by atomic mass is 16.1. The van der Waals surface area contributed by atoms with E-state index in [1.807, 2.05) is 54.8 Å². The summed E-state index contributed by atoms with van der Waals surface area (Å²) < 4.78 is 2.05. The summed E-state index contributed by atoms with van der Waals surface area (Å²) in [6.45, 7) is 12.7. The van der Waals surface area contributed by atoms with Gasteiger partial charge >= 0.3 is 0 Å². The summed E-state index contributed by atoms with van der Waals surface area (Å²) in [5.41, 5.74) is 8.81. The Hall–Kier alpha value is -3.86. The zero-order valence-corrected chi connectivity index (χ0v) is 21.2. The summed E-state index contributed by atoms with van der Waals surface area (Å²) in [5.74, 6) is 0.631. The summed E-state index contributed by atoms with van der Waals surface area (Å²) in [6.07, 6.45) is 0. The molecule has 0 bridgehead atoms. The Balaban J connectivity index is 1.63. The van der Waals surface area contributed by atoms with Crippen LogP contribution in [0, 0.1) is 13.8 Å². The summed E-state index contributed by atoms with van der Waals surface area (Å²) in [5, 5.41) is 6.74. The van der Waals surface area contributed by atoms with Crippen molar-refractivity contribution in [1.29, 1.82) is 0 Å². The molecule has 1 aliphatic heterocycles. The van der Waals surface area contributed by atoms with Crippen molar-refractivity contribution in [3.63, 3.8) is 0 Å². The van der Waals surface area contributed by atoms with Crippen LogP contribution in [0.4, 0.5) is 11.6 Å². The number of amides is 1. The molecule has 1 amide bonds. The van der Waals surface area contributed by atoms with E-state index in [1.54, 1.807) is 0 Å². The molecule has 1 aliphatic rings. The van der Waals surface area contributed by atoms with E-state index in [9.17, 15) is 4.79 Å². The number of imidazole rings is 1. The third-order valence-corrected chi connectivity index (χ3v) is 6.83. The minimum atomic E-state index is -0.320. The van der Waals surface area contributed by atoms with Crippen LogP contribution in [-0.4, -0.2) is 15.5 Å². The van der Waals surface area contributed by atoms with E-state index >= 15 is 0 Å². The van der Waals surface area contributed by atoms with Gasteiger partial charge in [-0.25, -0.2) is 4.98 Å². The Morgan fingerprint density at radius 1 is 0.971 bits per heavy atom. The summed E-state index contributed by atoms with van der Waals surface area (Å²) in [7, 11) is 0. The molecule has 35 heavy (non-hydrogen) atoms. The van der Waals surface area contributed by atoms with Crippen LogP contribution in [-0.2, 0) is 10.2 Å². The normalized spacial score (nSPS) is 15.7. The summed E-state index contributed by atoms with van der Waals surface area (Å²) in [6, 6.07) is 22.3. The number of carbonyl (C=O) groups is 1. The van der Waals surface area contributed by atoms with Crippen molar-refractivity contribution in [2.75, 3.05) is 10.6 Å². The number of allylic oxidation sites excluding steroid dienone is 1. The highest BCUT2D eigenvalue weighted by Crippen LogP contribution is 2.39. The molecule has 0 radical (unpaired) electrons. The molecule has 0 spiro atoms. The van der Waals surface area contributed by atoms with Crippen LogP contribution in [0.1, 0.15) is 56.0 Å². The molecule has 2 heterocycles. The lowest BCUT2D eigenvalue weighted by Gasteiger charge is -2.30. The highest BCUT2D eigenvalue weighted by molar-refractivity contribution is 6.10. The Labute approximate surface area is 206 Å². The first-order valence-corrected chi connectivity index (χ1v) is 12.1. The monoisotopic (exact) mass is 464 g/mol. The van der Waals surface area contributed by atoms with Crippen molar-refractivity contribution in [2.24, 2.45) is 0 Å². The quantitative estimate of drug-likeness (QED) is 0.344. The second-order valence-corrected chi connectivity index (χ2v) is 10.5. The first kappa shape index (κ1) is 22.9. The molecule has 5 heteroatoms. The molecule has 1 atom stereocenters. The Kier molecular flexibility index (Phi) is 5.51. The van der Waals surface area contributed by atoms with E-state index in [4.69, 9.17) is 4.98 Å². The molecule has 0 saturated carbocycles. The molecule has 4 aromatic rings. The average molecular weight is 465 g/mol. The van der Waals surface area contributed by atoms with Gasteiger partial charge in [-0.3, -0.25) is 9.36 Å². The molecule has 1 aromatic heterocycles. The number of fused-ring (bicyclic) bond motifs is 3. The highest BCUT2D eigenvalue weighted by Gasteiger charge is 2.33. The summed E-state index contributed by atoms with van der Waals surface area (Å²) >= 11 is 0. The maximum Gasteiger partial charge on any atom is 0.255 e.